The van der Waals surface area contributed by atoms with Crippen molar-refractivity contribution in [3.8, 4) is 0 Å². The van der Waals surface area contributed by atoms with Gasteiger partial charge in [-0.3, -0.25) is 8.37 Å². The predicted octanol–water partition coefficient (Wildman–Crippen LogP) is 3.71. The van der Waals surface area contributed by atoms with Crippen molar-refractivity contribution in [1.82, 2.24) is 0 Å². The van der Waals surface area contributed by atoms with Gasteiger partial charge in [0.25, 0.3) is 20.2 Å². The molecule has 0 unspecified atom stereocenters. The Kier molecular flexibility index (Phi) is 7.38. The van der Waals surface area contributed by atoms with Gasteiger partial charge in [-0.05, 0) is 65.8 Å². The molecule has 0 amide bonds. The van der Waals surface area contributed by atoms with Gasteiger partial charge in [0.1, 0.15) is 24.4 Å². The lowest BCUT2D eigenvalue weighted by atomic mass is 10.1. The molecule has 1 heterocycles. The molecule has 0 radical (unpaired) electrons. The highest BCUT2D eigenvalue weighted by Crippen LogP contribution is 2.35. The van der Waals surface area contributed by atoms with Crippen LogP contribution in [-0.2, 0) is 38.1 Å². The van der Waals surface area contributed by atoms with Gasteiger partial charge >= 0.3 is 0 Å². The van der Waals surface area contributed by atoms with Crippen LogP contribution in [0.5, 0.6) is 0 Å². The van der Waals surface area contributed by atoms with Crippen molar-refractivity contribution in [3.05, 3.63) is 59.7 Å². The summed E-state index contributed by atoms with van der Waals surface area (Å²) in [5.41, 5.74) is 1.83. The molecule has 1 aliphatic heterocycles. The predicted molar refractivity (Wildman–Crippen MR) is 122 cm³/mol. The van der Waals surface area contributed by atoms with E-state index in [9.17, 15) is 16.8 Å². The van der Waals surface area contributed by atoms with Crippen molar-refractivity contribution >= 4 is 20.2 Å². The first-order chi connectivity index (χ1) is 15.2. The molecule has 1 saturated heterocycles. The Morgan fingerprint density at radius 3 is 1.30 bits per heavy atom. The van der Waals surface area contributed by atoms with Gasteiger partial charge in [0.15, 0.2) is 5.79 Å². The normalized spacial score (nSPS) is 22.7. The lowest BCUT2D eigenvalue weighted by Gasteiger charge is -2.26. The lowest BCUT2D eigenvalue weighted by molar-refractivity contribution is -0.157. The van der Waals surface area contributed by atoms with E-state index in [1.165, 1.54) is 38.1 Å². The van der Waals surface area contributed by atoms with Gasteiger partial charge < -0.3 is 9.47 Å². The van der Waals surface area contributed by atoms with Crippen LogP contribution in [0.4, 0.5) is 0 Å². The number of hydrogen-bond donors (Lipinski definition) is 0. The first-order valence-electron chi connectivity index (χ1n) is 10.6. The van der Waals surface area contributed by atoms with Gasteiger partial charge in [-0.25, -0.2) is 0 Å². The molecule has 1 fully saturated rings. The summed E-state index contributed by atoms with van der Waals surface area (Å²) in [5.74, 6) is -1.09. The van der Waals surface area contributed by atoms with Gasteiger partial charge in [0, 0.05) is 0 Å². The molecule has 182 valence electrons. The van der Waals surface area contributed by atoms with Gasteiger partial charge in [-0.15, -0.1) is 0 Å². The molecular formula is C23H30O8S2. The Morgan fingerprint density at radius 2 is 1.00 bits per heavy atom. The summed E-state index contributed by atoms with van der Waals surface area (Å²) in [7, 11) is -8.15. The minimum absolute atomic E-state index is 0.0147. The molecule has 0 bridgehead atoms. The average Bonchev–Trinajstić information content (AvgIpc) is 3.04. The summed E-state index contributed by atoms with van der Waals surface area (Å²) >= 11 is 0. The number of rotatable bonds is 8. The van der Waals surface area contributed by atoms with Gasteiger partial charge in [0.2, 0.25) is 0 Å². The molecule has 2 aromatic carbocycles. The van der Waals surface area contributed by atoms with E-state index < -0.39 is 50.4 Å². The van der Waals surface area contributed by atoms with Crippen LogP contribution in [0, 0.1) is 13.8 Å². The third-order valence-corrected chi connectivity index (χ3v) is 8.08. The Bertz CT molecular complexity index is 1080. The van der Waals surface area contributed by atoms with E-state index in [-0.39, 0.29) is 9.79 Å². The zero-order valence-corrected chi connectivity index (χ0v) is 21.1. The first-order valence-corrected chi connectivity index (χ1v) is 13.4. The summed E-state index contributed by atoms with van der Waals surface area (Å²) in [6, 6.07) is 12.5. The second-order valence-corrected chi connectivity index (χ2v) is 11.8. The monoisotopic (exact) mass is 498 g/mol. The summed E-state index contributed by atoms with van der Waals surface area (Å²) in [4.78, 5) is 0.0295. The van der Waals surface area contributed by atoms with E-state index >= 15 is 0 Å². The average molecular weight is 499 g/mol. The topological polar surface area (TPSA) is 105 Å². The zero-order valence-electron chi connectivity index (χ0n) is 19.5. The van der Waals surface area contributed by atoms with E-state index in [1.807, 2.05) is 13.8 Å². The number of benzene rings is 2. The molecule has 33 heavy (non-hydrogen) atoms. The van der Waals surface area contributed by atoms with Gasteiger partial charge in [-0.1, -0.05) is 35.4 Å². The zero-order chi connectivity index (χ0) is 24.6. The van der Waals surface area contributed by atoms with Crippen molar-refractivity contribution in [2.45, 2.75) is 81.5 Å². The third kappa shape index (κ3) is 6.20. The van der Waals surface area contributed by atoms with E-state index in [0.717, 1.165) is 11.1 Å². The van der Waals surface area contributed by atoms with Crippen LogP contribution >= 0.6 is 0 Å². The Balaban J connectivity index is 1.79. The van der Waals surface area contributed by atoms with Crippen LogP contribution in [0.1, 0.15) is 38.8 Å². The van der Waals surface area contributed by atoms with Crippen LogP contribution in [0.3, 0.4) is 0 Å². The van der Waals surface area contributed by atoms with E-state index in [0.29, 0.717) is 0 Å². The number of aryl methyl sites for hydroxylation is 2. The minimum Gasteiger partial charge on any atom is -0.342 e. The van der Waals surface area contributed by atoms with Crippen LogP contribution in [0.2, 0.25) is 0 Å². The molecule has 3 rings (SSSR count). The summed E-state index contributed by atoms with van der Waals surface area (Å²) < 4.78 is 73.6. The highest BCUT2D eigenvalue weighted by molar-refractivity contribution is 7.87. The second-order valence-electron chi connectivity index (χ2n) is 8.70. The quantitative estimate of drug-likeness (QED) is 0.507. The second kappa shape index (κ2) is 9.44. The molecule has 1 aliphatic rings. The van der Waals surface area contributed by atoms with Crippen LogP contribution in [0.15, 0.2) is 58.3 Å². The fourth-order valence-corrected chi connectivity index (χ4v) is 5.75. The molecule has 8 nitrogen and oxygen atoms in total. The fourth-order valence-electron chi connectivity index (χ4n) is 3.57. The van der Waals surface area contributed by atoms with Crippen molar-refractivity contribution in [2.75, 3.05) is 0 Å². The molecular weight excluding hydrogens is 468 g/mol. The summed E-state index contributed by atoms with van der Waals surface area (Å²) in [5, 5.41) is 0. The van der Waals surface area contributed by atoms with Crippen LogP contribution in [-0.4, -0.2) is 47.0 Å². The molecule has 10 heteroatoms. The molecule has 0 N–H and O–H groups in total. The molecule has 0 saturated carbocycles. The summed E-state index contributed by atoms with van der Waals surface area (Å²) in [6.07, 6.45) is -3.75. The van der Waals surface area contributed by atoms with Crippen molar-refractivity contribution < 1.29 is 34.7 Å². The van der Waals surface area contributed by atoms with Crippen molar-refractivity contribution in [3.63, 3.8) is 0 Å². The van der Waals surface area contributed by atoms with E-state index in [4.69, 9.17) is 17.8 Å². The van der Waals surface area contributed by atoms with Crippen LogP contribution in [0.25, 0.3) is 0 Å². The first kappa shape index (κ1) is 25.8. The third-order valence-electron chi connectivity index (χ3n) is 5.27. The molecule has 0 aliphatic carbocycles. The Morgan fingerprint density at radius 1 is 0.697 bits per heavy atom. The maximum atomic E-state index is 12.7. The van der Waals surface area contributed by atoms with Crippen molar-refractivity contribution in [2.24, 2.45) is 0 Å². The number of hydrogen-bond acceptors (Lipinski definition) is 8. The van der Waals surface area contributed by atoms with Gasteiger partial charge in [0.05, 0.1) is 9.79 Å². The largest absolute Gasteiger partial charge is 0.342 e. The maximum Gasteiger partial charge on any atom is 0.297 e. The SMILES string of the molecule is Cc1ccc(S(=O)(=O)O[C@H](C)[C@H]2OC(C)(C)O[C@@H]2[C@@H](C)OS(=O)(=O)c2ccc(C)cc2)cc1. The maximum absolute atomic E-state index is 12.7. The highest BCUT2D eigenvalue weighted by atomic mass is 32.2. The van der Waals surface area contributed by atoms with E-state index in [1.54, 1.807) is 38.1 Å². The Hall–Kier alpha value is -1.82. The highest BCUT2D eigenvalue weighted by Gasteiger charge is 2.49. The van der Waals surface area contributed by atoms with Crippen molar-refractivity contribution in [1.29, 1.82) is 0 Å². The number of ether oxygens (including phenoxy) is 2. The molecule has 0 aromatic heterocycles. The molecule has 0 spiro atoms. The molecule has 4 atom stereocenters. The standard InChI is InChI=1S/C23H30O8S2/c1-15-7-11-19(12-8-15)32(24,25)30-17(3)21-22(29-23(5,6)28-21)18(4)31-33(26,27)20-13-9-16(2)10-14-20/h7-14,17-18,21-22H,1-6H3/t17-,18-,21-,22-/m1/s1. The van der Waals surface area contributed by atoms with E-state index in [2.05, 4.69) is 0 Å². The smallest absolute Gasteiger partial charge is 0.297 e. The fraction of sp³-hybridized carbons (Fsp3) is 0.478. The van der Waals surface area contributed by atoms with Gasteiger partial charge in [-0.2, -0.15) is 16.8 Å². The molecule has 2 aromatic rings. The lowest BCUT2D eigenvalue weighted by Crippen LogP contribution is -2.43. The minimum atomic E-state index is -4.08. The Labute approximate surface area is 196 Å². The van der Waals surface area contributed by atoms with Crippen LogP contribution < -0.4 is 0 Å². The summed E-state index contributed by atoms with van der Waals surface area (Å²) in [6.45, 7) is 10.1.